The van der Waals surface area contributed by atoms with Gasteiger partial charge < -0.3 is 20.8 Å². The minimum Gasteiger partial charge on any atom is -0.480 e. The Bertz CT molecular complexity index is 1140. The lowest BCUT2D eigenvalue weighted by Crippen LogP contribution is -2.43. The van der Waals surface area contributed by atoms with Gasteiger partial charge in [0.1, 0.15) is 0 Å². The highest BCUT2D eigenvalue weighted by molar-refractivity contribution is 5.96. The summed E-state index contributed by atoms with van der Waals surface area (Å²) in [4.78, 5) is 23.4. The van der Waals surface area contributed by atoms with Crippen molar-refractivity contribution in [1.29, 1.82) is 0 Å². The van der Waals surface area contributed by atoms with Crippen LogP contribution in [0.15, 0.2) is 66.7 Å². The maximum absolute atomic E-state index is 12.3. The SMILES string of the molecule is C[C@@H](NC1CCCC(c2ccc(C(=O)NC(CO)C(=O)O)cc2)C1)c1cccc2ccccc12. The van der Waals surface area contributed by atoms with Gasteiger partial charge in [-0.05, 0) is 66.1 Å². The number of aliphatic hydroxyl groups is 1. The van der Waals surface area contributed by atoms with Crippen molar-refractivity contribution in [2.75, 3.05) is 6.61 Å². The molecule has 4 rings (SSSR count). The maximum Gasteiger partial charge on any atom is 0.328 e. The number of amides is 1. The Balaban J connectivity index is 1.40. The number of fused-ring (bicyclic) bond motifs is 1. The molecule has 3 aromatic carbocycles. The molecule has 0 saturated heterocycles. The van der Waals surface area contributed by atoms with Crippen LogP contribution >= 0.6 is 0 Å². The van der Waals surface area contributed by atoms with E-state index in [1.807, 2.05) is 12.1 Å². The molecule has 0 aromatic heterocycles. The van der Waals surface area contributed by atoms with Crippen LogP contribution in [0.5, 0.6) is 0 Å². The molecule has 1 aliphatic carbocycles. The highest BCUT2D eigenvalue weighted by Crippen LogP contribution is 2.34. The fourth-order valence-corrected chi connectivity index (χ4v) is 5.05. The average molecular weight is 461 g/mol. The monoisotopic (exact) mass is 460 g/mol. The van der Waals surface area contributed by atoms with Crippen LogP contribution in [0.1, 0.15) is 66.1 Å². The van der Waals surface area contributed by atoms with Crippen molar-refractivity contribution in [3.05, 3.63) is 83.4 Å². The zero-order valence-corrected chi connectivity index (χ0v) is 19.4. The third kappa shape index (κ3) is 5.46. The molecular formula is C28H32N2O4. The Hall–Kier alpha value is -3.22. The normalized spacial score (nSPS) is 19.9. The van der Waals surface area contributed by atoms with Gasteiger partial charge in [-0.3, -0.25) is 4.79 Å². The molecule has 1 aliphatic rings. The quantitative estimate of drug-likeness (QED) is 0.400. The number of aliphatic carboxylic acids is 1. The molecule has 1 amide bonds. The van der Waals surface area contributed by atoms with Crippen molar-refractivity contribution in [1.82, 2.24) is 10.6 Å². The highest BCUT2D eigenvalue weighted by atomic mass is 16.4. The van der Waals surface area contributed by atoms with E-state index in [0.717, 1.165) is 25.7 Å². The lowest BCUT2D eigenvalue weighted by Gasteiger charge is -2.32. The number of nitrogens with one attached hydrogen (secondary N) is 2. The second kappa shape index (κ2) is 10.8. The molecule has 6 nitrogen and oxygen atoms in total. The van der Waals surface area contributed by atoms with Gasteiger partial charge in [0.05, 0.1) is 6.61 Å². The number of aliphatic hydroxyl groups excluding tert-OH is 1. The summed E-state index contributed by atoms with van der Waals surface area (Å²) in [5.41, 5.74) is 2.90. The number of benzene rings is 3. The van der Waals surface area contributed by atoms with Crippen LogP contribution in [-0.2, 0) is 4.79 Å². The minimum atomic E-state index is -1.30. The third-order valence-electron chi connectivity index (χ3n) is 6.88. The summed E-state index contributed by atoms with van der Waals surface area (Å²) in [6.07, 6.45) is 4.43. The first kappa shape index (κ1) is 23.9. The molecule has 1 fully saturated rings. The molecule has 0 heterocycles. The molecule has 0 bridgehead atoms. The van der Waals surface area contributed by atoms with Gasteiger partial charge in [0.25, 0.3) is 5.91 Å². The number of hydrogen-bond donors (Lipinski definition) is 4. The first-order valence-corrected chi connectivity index (χ1v) is 11.9. The van der Waals surface area contributed by atoms with E-state index in [2.05, 4.69) is 60.0 Å². The van der Waals surface area contributed by atoms with E-state index in [-0.39, 0.29) is 6.04 Å². The summed E-state index contributed by atoms with van der Waals surface area (Å²) >= 11 is 0. The Morgan fingerprint density at radius 1 is 1.00 bits per heavy atom. The number of carboxylic acid groups (broad SMARTS) is 1. The van der Waals surface area contributed by atoms with Gasteiger partial charge in [-0.1, -0.05) is 61.0 Å². The molecule has 34 heavy (non-hydrogen) atoms. The van der Waals surface area contributed by atoms with Crippen molar-refractivity contribution in [3.63, 3.8) is 0 Å². The van der Waals surface area contributed by atoms with Gasteiger partial charge in [0, 0.05) is 17.6 Å². The minimum absolute atomic E-state index is 0.245. The maximum atomic E-state index is 12.3. The van der Waals surface area contributed by atoms with Crippen molar-refractivity contribution < 1.29 is 19.8 Å². The van der Waals surface area contributed by atoms with Crippen LogP contribution in [0.2, 0.25) is 0 Å². The summed E-state index contributed by atoms with van der Waals surface area (Å²) < 4.78 is 0. The Labute approximate surface area is 200 Å². The van der Waals surface area contributed by atoms with Crippen molar-refractivity contribution in [2.24, 2.45) is 0 Å². The molecule has 178 valence electrons. The number of carbonyl (C=O) groups excluding carboxylic acids is 1. The standard InChI is InChI=1S/C28H32N2O4/c1-18(24-11-5-7-20-6-2-3-10-25(20)24)29-23-9-4-8-22(16-23)19-12-14-21(15-13-19)27(32)30-26(17-31)28(33)34/h2-3,5-7,10-15,18,22-23,26,29,31H,4,8-9,16-17H2,1H3,(H,30,32)(H,33,34)/t18-,22?,23?,26?/m1/s1. The number of rotatable bonds is 8. The van der Waals surface area contributed by atoms with Crippen molar-refractivity contribution in [2.45, 2.75) is 56.7 Å². The van der Waals surface area contributed by atoms with Crippen LogP contribution in [0.4, 0.5) is 0 Å². The topological polar surface area (TPSA) is 98.7 Å². The summed E-state index contributed by atoms with van der Waals surface area (Å²) in [5.74, 6) is -1.35. The summed E-state index contributed by atoms with van der Waals surface area (Å²) in [7, 11) is 0. The van der Waals surface area contributed by atoms with Gasteiger partial charge in [-0.2, -0.15) is 0 Å². The molecule has 0 spiro atoms. The van der Waals surface area contributed by atoms with Crippen LogP contribution in [0.3, 0.4) is 0 Å². The molecule has 4 N–H and O–H groups in total. The van der Waals surface area contributed by atoms with E-state index in [1.165, 1.54) is 21.9 Å². The Morgan fingerprint density at radius 2 is 1.74 bits per heavy atom. The number of hydrogen-bond acceptors (Lipinski definition) is 4. The van der Waals surface area contributed by atoms with Gasteiger partial charge in [-0.15, -0.1) is 0 Å². The van der Waals surface area contributed by atoms with E-state index in [9.17, 15) is 9.59 Å². The van der Waals surface area contributed by atoms with Crippen LogP contribution in [0, 0.1) is 0 Å². The zero-order valence-electron chi connectivity index (χ0n) is 19.4. The number of carbonyl (C=O) groups is 2. The van der Waals surface area contributed by atoms with Gasteiger partial charge in [0.15, 0.2) is 6.04 Å². The lowest BCUT2D eigenvalue weighted by atomic mass is 9.80. The smallest absolute Gasteiger partial charge is 0.328 e. The van der Waals surface area contributed by atoms with E-state index in [1.54, 1.807) is 12.1 Å². The molecule has 1 saturated carbocycles. The van der Waals surface area contributed by atoms with E-state index in [0.29, 0.717) is 17.5 Å². The second-order valence-electron chi connectivity index (χ2n) is 9.19. The van der Waals surface area contributed by atoms with Crippen LogP contribution < -0.4 is 10.6 Å². The number of carboxylic acids is 1. The van der Waals surface area contributed by atoms with Crippen LogP contribution in [-0.4, -0.2) is 40.8 Å². The van der Waals surface area contributed by atoms with E-state index in [4.69, 9.17) is 10.2 Å². The third-order valence-corrected chi connectivity index (χ3v) is 6.88. The van der Waals surface area contributed by atoms with Crippen LogP contribution in [0.25, 0.3) is 10.8 Å². The molecule has 4 atom stereocenters. The first-order valence-electron chi connectivity index (χ1n) is 11.9. The fourth-order valence-electron chi connectivity index (χ4n) is 5.05. The fraction of sp³-hybridized carbons (Fsp3) is 0.357. The first-order chi connectivity index (χ1) is 16.5. The van der Waals surface area contributed by atoms with Gasteiger partial charge >= 0.3 is 5.97 Å². The largest absolute Gasteiger partial charge is 0.480 e. The predicted octanol–water partition coefficient (Wildman–Crippen LogP) is 4.39. The molecule has 0 radical (unpaired) electrons. The molecule has 3 aromatic rings. The Kier molecular flexibility index (Phi) is 7.60. The van der Waals surface area contributed by atoms with E-state index < -0.39 is 24.5 Å². The summed E-state index contributed by atoms with van der Waals surface area (Å²) in [6, 6.07) is 21.7. The molecule has 3 unspecified atom stereocenters. The lowest BCUT2D eigenvalue weighted by molar-refractivity contribution is -0.140. The highest BCUT2D eigenvalue weighted by Gasteiger charge is 2.25. The molecule has 0 aliphatic heterocycles. The second-order valence-corrected chi connectivity index (χ2v) is 9.19. The summed E-state index contributed by atoms with van der Waals surface area (Å²) in [5, 5.41) is 26.9. The average Bonchev–Trinajstić information content (AvgIpc) is 2.86. The van der Waals surface area contributed by atoms with Crippen molar-refractivity contribution in [3.8, 4) is 0 Å². The van der Waals surface area contributed by atoms with E-state index >= 15 is 0 Å². The van der Waals surface area contributed by atoms with Gasteiger partial charge in [0.2, 0.25) is 0 Å². The van der Waals surface area contributed by atoms with Crippen molar-refractivity contribution >= 4 is 22.6 Å². The van der Waals surface area contributed by atoms with Gasteiger partial charge in [-0.25, -0.2) is 4.79 Å². The summed E-state index contributed by atoms with van der Waals surface area (Å²) in [6.45, 7) is 1.59. The molecular weight excluding hydrogens is 428 g/mol. The Morgan fingerprint density at radius 3 is 2.47 bits per heavy atom. The zero-order chi connectivity index (χ0) is 24.1. The predicted molar refractivity (Wildman–Crippen MR) is 133 cm³/mol. The molecule has 6 heteroatoms.